The fourth-order valence-electron chi connectivity index (χ4n) is 1.76. The maximum Gasteiger partial charge on any atom is 0.192 e. The number of hydrogen-bond acceptors (Lipinski definition) is 7. The summed E-state index contributed by atoms with van der Waals surface area (Å²) in [6.07, 6.45) is -8.14. The lowest BCUT2D eigenvalue weighted by Crippen LogP contribution is -2.62. The molecule has 10 heteroatoms. The van der Waals surface area contributed by atoms with Crippen molar-refractivity contribution in [3.8, 4) is 0 Å². The van der Waals surface area contributed by atoms with E-state index in [0.29, 0.717) is 12.5 Å². The van der Waals surface area contributed by atoms with Gasteiger partial charge in [-0.05, 0) is 27.5 Å². The summed E-state index contributed by atoms with van der Waals surface area (Å²) in [5.41, 5.74) is -0.274. The molecule has 1 aliphatic rings. The van der Waals surface area contributed by atoms with Gasteiger partial charge in [0, 0.05) is 6.54 Å². The maximum atomic E-state index is 9.83. The van der Waals surface area contributed by atoms with Crippen LogP contribution in [0, 0.1) is 5.92 Å². The van der Waals surface area contributed by atoms with E-state index in [-0.39, 0.29) is 10.8 Å². The zero-order valence-corrected chi connectivity index (χ0v) is 13.8. The molecule has 0 heterocycles. The average Bonchev–Trinajstić information content (AvgIpc) is 2.44. The average molecular weight is 339 g/mol. The van der Waals surface area contributed by atoms with Gasteiger partial charge in [-0.2, -0.15) is 5.10 Å². The minimum atomic E-state index is -1.65. The van der Waals surface area contributed by atoms with Gasteiger partial charge in [-0.1, -0.05) is 13.8 Å². The molecule has 6 N–H and O–H groups in total. The molecule has 0 saturated heterocycles. The van der Waals surface area contributed by atoms with Crippen molar-refractivity contribution >= 4 is 32.4 Å². The molecule has 21 heavy (non-hydrogen) atoms. The van der Waals surface area contributed by atoms with E-state index in [1.807, 2.05) is 13.8 Å². The Hall–Kier alpha value is -0.410. The monoisotopic (exact) mass is 339 g/mol. The molecule has 0 aromatic carbocycles. The summed E-state index contributed by atoms with van der Waals surface area (Å²) in [7, 11) is 2.18. The highest BCUT2D eigenvalue weighted by Crippen LogP contribution is 2.20. The highest BCUT2D eigenvalue weighted by Gasteiger charge is 2.46. The highest BCUT2D eigenvalue weighted by atomic mass is 32.1. The summed E-state index contributed by atoms with van der Waals surface area (Å²) in [6.45, 7) is 4.61. The predicted molar refractivity (Wildman–Crippen MR) is 84.5 cm³/mol. The molecule has 1 aliphatic carbocycles. The number of aliphatic hydroxyl groups excluding tert-OH is 5. The Morgan fingerprint density at radius 1 is 1.19 bits per heavy atom. The molecule has 0 bridgehead atoms. The lowest BCUT2D eigenvalue weighted by atomic mass is 9.86. The van der Waals surface area contributed by atoms with Crippen LogP contribution in [0.15, 0.2) is 5.10 Å². The van der Waals surface area contributed by atoms with E-state index >= 15 is 0 Å². The molecule has 0 aromatic heterocycles. The third kappa shape index (κ3) is 4.53. The molecule has 1 unspecified atom stereocenters. The van der Waals surface area contributed by atoms with Crippen LogP contribution >= 0.6 is 21.6 Å². The van der Waals surface area contributed by atoms with E-state index in [1.165, 1.54) is 0 Å². The molecule has 0 aromatic rings. The fourth-order valence-corrected chi connectivity index (χ4v) is 2.11. The Morgan fingerprint density at radius 2 is 1.67 bits per heavy atom. The van der Waals surface area contributed by atoms with Crippen molar-refractivity contribution in [3.05, 3.63) is 0 Å². The Morgan fingerprint density at radius 3 is 2.10 bits per heavy atom. The smallest absolute Gasteiger partial charge is 0.192 e. The van der Waals surface area contributed by atoms with Crippen molar-refractivity contribution in [1.29, 1.82) is 0 Å². The first-order valence-electron chi connectivity index (χ1n) is 6.48. The van der Waals surface area contributed by atoms with Crippen LogP contribution < -0.4 is 5.32 Å². The quantitative estimate of drug-likeness (QED) is 0.194. The second-order valence-electron chi connectivity index (χ2n) is 5.31. The molecular weight excluding hydrogens is 317 g/mol. The van der Waals surface area contributed by atoms with E-state index in [9.17, 15) is 25.5 Å². The van der Waals surface area contributed by atoms with Crippen LogP contribution in [0.3, 0.4) is 0 Å². The lowest BCUT2D eigenvalue weighted by Gasteiger charge is -2.37. The number of nitrogens with zero attached hydrogens (tertiary/aromatic N) is 2. The van der Waals surface area contributed by atoms with Gasteiger partial charge in [0.15, 0.2) is 5.11 Å². The van der Waals surface area contributed by atoms with Gasteiger partial charge in [-0.25, -0.2) is 4.78 Å². The zero-order valence-electron chi connectivity index (χ0n) is 11.8. The Kier molecular flexibility index (Phi) is 6.86. The highest BCUT2D eigenvalue weighted by molar-refractivity contribution is 7.80. The van der Waals surface area contributed by atoms with E-state index < -0.39 is 30.5 Å². The summed E-state index contributed by atoms with van der Waals surface area (Å²) >= 11 is 5.07. The lowest BCUT2D eigenvalue weighted by molar-refractivity contribution is -0.130. The van der Waals surface area contributed by atoms with Crippen molar-refractivity contribution in [2.75, 3.05) is 6.54 Å². The first kappa shape index (κ1) is 18.6. The standard InChI is InChI=1S/C11H22N3O5PS/c1-4(2)3-12-11(21)14(20)13-5-6(15)8(17)10(19)9(18)7(5)16/h4,6-10,15-19H,3,20H2,1-2H3,(H,12,21)/b13-5-/t6-,7+,8+,9+,10-/m0/s1. The van der Waals surface area contributed by atoms with Crippen LogP contribution in [0.2, 0.25) is 0 Å². The maximum absolute atomic E-state index is 9.83. The topological polar surface area (TPSA) is 129 Å². The third-order valence-electron chi connectivity index (χ3n) is 3.05. The molecule has 1 saturated carbocycles. The SMILES string of the molecule is CC(C)CNC(=S)N(P)/N=C1\[C@@H](O)[C@@H](O)[C@@H](O)[C@H](O)[C@H]1O. The predicted octanol–water partition coefficient (Wildman–Crippen LogP) is -2.22. The van der Waals surface area contributed by atoms with Crippen molar-refractivity contribution < 1.29 is 25.5 Å². The van der Waals surface area contributed by atoms with Crippen LogP contribution in [0.5, 0.6) is 0 Å². The van der Waals surface area contributed by atoms with Gasteiger partial charge in [-0.3, -0.25) is 0 Å². The van der Waals surface area contributed by atoms with Crippen molar-refractivity contribution in [1.82, 2.24) is 10.1 Å². The molecule has 0 spiro atoms. The Bertz CT molecular complexity index is 393. The number of thiocarbonyl (C=S) groups is 1. The third-order valence-corrected chi connectivity index (χ3v) is 3.94. The van der Waals surface area contributed by atoms with Crippen molar-refractivity contribution in [2.24, 2.45) is 11.0 Å². The molecule has 1 fully saturated rings. The molecular formula is C11H22N3O5PS. The van der Waals surface area contributed by atoms with Crippen LogP contribution in [0.4, 0.5) is 0 Å². The first-order chi connectivity index (χ1) is 9.66. The van der Waals surface area contributed by atoms with E-state index in [0.717, 1.165) is 4.78 Å². The van der Waals surface area contributed by atoms with E-state index in [1.54, 1.807) is 0 Å². The molecule has 6 atom stereocenters. The van der Waals surface area contributed by atoms with Gasteiger partial charge in [0.1, 0.15) is 36.2 Å². The fraction of sp³-hybridized carbons (Fsp3) is 0.818. The number of hydrogen-bond donors (Lipinski definition) is 6. The van der Waals surface area contributed by atoms with Crippen LogP contribution in [-0.2, 0) is 0 Å². The second-order valence-corrected chi connectivity index (χ2v) is 6.19. The summed E-state index contributed by atoms with van der Waals surface area (Å²) in [5.74, 6) is 0.360. The number of aliphatic hydroxyl groups is 5. The molecule has 0 radical (unpaired) electrons. The summed E-state index contributed by atoms with van der Waals surface area (Å²) in [4.78, 5) is 0. The van der Waals surface area contributed by atoms with Crippen LogP contribution in [-0.4, -0.2) is 78.2 Å². The molecule has 0 amide bonds. The summed E-state index contributed by atoms with van der Waals surface area (Å²) in [6, 6.07) is 0. The first-order valence-corrected chi connectivity index (χ1v) is 7.40. The zero-order chi connectivity index (χ0) is 16.3. The normalized spacial score (nSPS) is 35.1. The largest absolute Gasteiger partial charge is 0.387 e. The summed E-state index contributed by atoms with van der Waals surface area (Å²) in [5, 5.41) is 55.4. The van der Waals surface area contributed by atoms with Crippen LogP contribution in [0.1, 0.15) is 13.8 Å². The minimum absolute atomic E-state index is 0.232. The van der Waals surface area contributed by atoms with Gasteiger partial charge in [0.05, 0.1) is 0 Å². The van der Waals surface area contributed by atoms with Gasteiger partial charge >= 0.3 is 0 Å². The Labute approximate surface area is 130 Å². The Balaban J connectivity index is 2.83. The van der Waals surface area contributed by atoms with E-state index in [4.69, 9.17) is 12.2 Å². The van der Waals surface area contributed by atoms with Crippen LogP contribution in [0.25, 0.3) is 0 Å². The van der Waals surface area contributed by atoms with E-state index in [2.05, 4.69) is 19.8 Å². The molecule has 0 aliphatic heterocycles. The van der Waals surface area contributed by atoms with Gasteiger partial charge in [0.2, 0.25) is 0 Å². The van der Waals surface area contributed by atoms with Gasteiger partial charge < -0.3 is 30.8 Å². The van der Waals surface area contributed by atoms with Gasteiger partial charge in [-0.15, -0.1) is 0 Å². The van der Waals surface area contributed by atoms with Crippen molar-refractivity contribution in [2.45, 2.75) is 44.4 Å². The van der Waals surface area contributed by atoms with Gasteiger partial charge in [0.25, 0.3) is 0 Å². The number of nitrogens with one attached hydrogen (secondary N) is 1. The molecule has 1 rings (SSSR count). The number of hydrazone groups is 1. The molecule has 122 valence electrons. The second kappa shape index (κ2) is 7.73. The molecule has 8 nitrogen and oxygen atoms in total. The summed E-state index contributed by atoms with van der Waals surface area (Å²) < 4.78 is 1.14. The minimum Gasteiger partial charge on any atom is -0.387 e. The number of rotatable bonds is 3. The van der Waals surface area contributed by atoms with Crippen molar-refractivity contribution in [3.63, 3.8) is 0 Å².